The summed E-state index contributed by atoms with van der Waals surface area (Å²) in [5.41, 5.74) is 1.32. The summed E-state index contributed by atoms with van der Waals surface area (Å²) in [6.45, 7) is 1.31. The molecule has 0 N–H and O–H groups in total. The van der Waals surface area contributed by atoms with E-state index in [1.54, 1.807) is 0 Å². The van der Waals surface area contributed by atoms with Gasteiger partial charge in [0.2, 0.25) is 0 Å². The molecule has 1 aliphatic heterocycles. The smallest absolute Gasteiger partial charge is 0.169 e. The topological polar surface area (TPSA) is 35.5 Å². The fourth-order valence-corrected chi connectivity index (χ4v) is 3.97. The van der Waals surface area contributed by atoms with Gasteiger partial charge in [0, 0.05) is 25.2 Å². The number of hydrogen-bond acceptors (Lipinski definition) is 3. The quantitative estimate of drug-likeness (QED) is 0.863. The Hall–Kier alpha value is -1.71. The third-order valence-electron chi connectivity index (χ3n) is 5.22. The van der Waals surface area contributed by atoms with Crippen molar-refractivity contribution in [3.63, 3.8) is 0 Å². The van der Waals surface area contributed by atoms with Crippen molar-refractivity contribution in [2.75, 3.05) is 13.2 Å². The molecule has 0 amide bonds. The molecule has 2 aromatic carbocycles. The highest BCUT2D eigenvalue weighted by atomic mass is 16.7. The Morgan fingerprint density at radius 2 is 1.83 bits per heavy atom. The second-order valence-corrected chi connectivity index (χ2v) is 6.65. The van der Waals surface area contributed by atoms with Gasteiger partial charge >= 0.3 is 0 Å². The van der Waals surface area contributed by atoms with Gasteiger partial charge in [-0.1, -0.05) is 42.5 Å². The molecule has 2 fully saturated rings. The van der Waals surface area contributed by atoms with Crippen LogP contribution in [0.1, 0.15) is 31.2 Å². The highest BCUT2D eigenvalue weighted by Gasteiger charge is 2.44. The van der Waals surface area contributed by atoms with Gasteiger partial charge in [0.15, 0.2) is 5.79 Å². The number of carbonyl (C=O) groups is 1. The summed E-state index contributed by atoms with van der Waals surface area (Å²) in [5, 5.41) is 2.56. The third kappa shape index (κ3) is 2.91. The number of benzene rings is 2. The number of aryl methyl sites for hydroxylation is 1. The summed E-state index contributed by atoms with van der Waals surface area (Å²) in [6.07, 6.45) is 3.82. The first-order valence-electron chi connectivity index (χ1n) is 8.53. The van der Waals surface area contributed by atoms with Crippen molar-refractivity contribution in [1.82, 2.24) is 0 Å². The molecule has 3 nitrogen and oxygen atoms in total. The molecule has 1 atom stereocenters. The number of ketones is 1. The molecule has 3 heteroatoms. The van der Waals surface area contributed by atoms with Gasteiger partial charge in [0.25, 0.3) is 0 Å². The van der Waals surface area contributed by atoms with Crippen LogP contribution >= 0.6 is 0 Å². The van der Waals surface area contributed by atoms with E-state index in [2.05, 4.69) is 42.5 Å². The van der Waals surface area contributed by atoms with E-state index in [1.807, 2.05) is 0 Å². The zero-order valence-corrected chi connectivity index (χ0v) is 13.3. The molecular formula is C20H22O3. The van der Waals surface area contributed by atoms with E-state index in [-0.39, 0.29) is 5.92 Å². The van der Waals surface area contributed by atoms with E-state index >= 15 is 0 Å². The van der Waals surface area contributed by atoms with E-state index < -0.39 is 5.79 Å². The molecule has 120 valence electrons. The second-order valence-electron chi connectivity index (χ2n) is 6.65. The minimum absolute atomic E-state index is 0.0563. The lowest BCUT2D eigenvalue weighted by Crippen LogP contribution is -2.40. The summed E-state index contributed by atoms with van der Waals surface area (Å²) in [4.78, 5) is 12.3. The van der Waals surface area contributed by atoms with Gasteiger partial charge < -0.3 is 9.47 Å². The average Bonchev–Trinajstić information content (AvgIpc) is 3.04. The van der Waals surface area contributed by atoms with Gasteiger partial charge in [-0.05, 0) is 29.2 Å². The van der Waals surface area contributed by atoms with Crippen LogP contribution in [0.3, 0.4) is 0 Å². The molecule has 2 aliphatic rings. The van der Waals surface area contributed by atoms with Gasteiger partial charge in [0.1, 0.15) is 5.78 Å². The summed E-state index contributed by atoms with van der Waals surface area (Å²) in [6, 6.07) is 14.9. The maximum absolute atomic E-state index is 12.3. The normalized spacial score (nSPS) is 23.7. The number of fused-ring (bicyclic) bond motifs is 1. The second kappa shape index (κ2) is 6.06. The molecule has 1 spiro atoms. The predicted octanol–water partition coefficient (Wildman–Crippen LogP) is 3.88. The Balaban J connectivity index is 1.50. The van der Waals surface area contributed by atoms with Gasteiger partial charge in [0.05, 0.1) is 13.2 Å². The van der Waals surface area contributed by atoms with Crippen molar-refractivity contribution < 1.29 is 14.3 Å². The highest BCUT2D eigenvalue weighted by Crippen LogP contribution is 2.39. The zero-order chi connectivity index (χ0) is 15.7. The van der Waals surface area contributed by atoms with Crippen LogP contribution in [-0.4, -0.2) is 24.8 Å². The first-order chi connectivity index (χ1) is 11.3. The SMILES string of the molecule is O=C1CCC2(CC1CCc1cccc3ccccc13)OCCO2. The Labute approximate surface area is 136 Å². The number of rotatable bonds is 3. The molecule has 1 heterocycles. The molecule has 1 unspecified atom stereocenters. The van der Waals surface area contributed by atoms with Crippen LogP contribution in [0, 0.1) is 5.92 Å². The summed E-state index contributed by atoms with van der Waals surface area (Å²) in [5.74, 6) is -0.0482. The Kier molecular flexibility index (Phi) is 3.92. The van der Waals surface area contributed by atoms with E-state index in [0.717, 1.165) is 25.7 Å². The standard InChI is InChI=1S/C20H22O3/c21-19-10-11-20(22-12-13-23-20)14-17(19)9-8-16-6-3-5-15-4-1-2-7-18(15)16/h1-7,17H,8-14H2. The number of Topliss-reactive ketones (excluding diaryl/α,β-unsaturated/α-hetero) is 1. The molecular weight excluding hydrogens is 288 g/mol. The fraction of sp³-hybridized carbons (Fsp3) is 0.450. The maximum atomic E-state index is 12.3. The van der Waals surface area contributed by atoms with E-state index in [1.165, 1.54) is 16.3 Å². The van der Waals surface area contributed by atoms with Crippen LogP contribution in [0.25, 0.3) is 10.8 Å². The molecule has 2 aromatic rings. The Bertz CT molecular complexity index is 710. The van der Waals surface area contributed by atoms with Crippen molar-refractivity contribution in [2.24, 2.45) is 5.92 Å². The lowest BCUT2D eigenvalue weighted by atomic mass is 9.80. The Morgan fingerprint density at radius 1 is 1.04 bits per heavy atom. The molecule has 4 rings (SSSR count). The molecule has 0 aromatic heterocycles. The predicted molar refractivity (Wildman–Crippen MR) is 89.3 cm³/mol. The first-order valence-corrected chi connectivity index (χ1v) is 8.53. The number of hydrogen-bond donors (Lipinski definition) is 0. The van der Waals surface area contributed by atoms with Gasteiger partial charge in [-0.15, -0.1) is 0 Å². The third-order valence-corrected chi connectivity index (χ3v) is 5.22. The van der Waals surface area contributed by atoms with Crippen LogP contribution in [0.5, 0.6) is 0 Å². The summed E-state index contributed by atoms with van der Waals surface area (Å²) >= 11 is 0. The van der Waals surface area contributed by atoms with Crippen molar-refractivity contribution >= 4 is 16.6 Å². The van der Waals surface area contributed by atoms with Crippen LogP contribution in [0.2, 0.25) is 0 Å². The lowest BCUT2D eigenvalue weighted by Gasteiger charge is -2.35. The number of ether oxygens (including phenoxy) is 2. The van der Waals surface area contributed by atoms with Gasteiger partial charge in [-0.3, -0.25) is 4.79 Å². The molecule has 1 saturated heterocycles. The first kappa shape index (κ1) is 14.9. The van der Waals surface area contributed by atoms with Crippen LogP contribution in [0.15, 0.2) is 42.5 Å². The molecule has 1 aliphatic carbocycles. The lowest BCUT2D eigenvalue weighted by molar-refractivity contribution is -0.189. The monoisotopic (exact) mass is 310 g/mol. The largest absolute Gasteiger partial charge is 0.347 e. The maximum Gasteiger partial charge on any atom is 0.169 e. The van der Waals surface area contributed by atoms with E-state index in [9.17, 15) is 4.79 Å². The van der Waals surface area contributed by atoms with Crippen LogP contribution in [-0.2, 0) is 20.7 Å². The van der Waals surface area contributed by atoms with Crippen LogP contribution < -0.4 is 0 Å². The molecule has 0 radical (unpaired) electrons. The van der Waals surface area contributed by atoms with Crippen molar-refractivity contribution in [3.05, 3.63) is 48.0 Å². The van der Waals surface area contributed by atoms with Crippen molar-refractivity contribution in [2.45, 2.75) is 37.9 Å². The zero-order valence-electron chi connectivity index (χ0n) is 13.3. The van der Waals surface area contributed by atoms with Crippen LogP contribution in [0.4, 0.5) is 0 Å². The minimum Gasteiger partial charge on any atom is -0.347 e. The van der Waals surface area contributed by atoms with Crippen molar-refractivity contribution in [3.8, 4) is 0 Å². The minimum atomic E-state index is -0.475. The Morgan fingerprint density at radius 3 is 2.70 bits per heavy atom. The fourth-order valence-electron chi connectivity index (χ4n) is 3.97. The van der Waals surface area contributed by atoms with Gasteiger partial charge in [-0.25, -0.2) is 0 Å². The summed E-state index contributed by atoms with van der Waals surface area (Å²) in [7, 11) is 0. The highest BCUT2D eigenvalue weighted by molar-refractivity contribution is 5.86. The van der Waals surface area contributed by atoms with Gasteiger partial charge in [-0.2, -0.15) is 0 Å². The average molecular weight is 310 g/mol. The molecule has 23 heavy (non-hydrogen) atoms. The van der Waals surface area contributed by atoms with E-state index in [0.29, 0.717) is 25.4 Å². The van der Waals surface area contributed by atoms with E-state index in [4.69, 9.17) is 9.47 Å². The molecule has 1 saturated carbocycles. The molecule has 0 bridgehead atoms. The number of carbonyl (C=O) groups excluding carboxylic acids is 1. The van der Waals surface area contributed by atoms with Crippen molar-refractivity contribution in [1.29, 1.82) is 0 Å². The summed E-state index contributed by atoms with van der Waals surface area (Å²) < 4.78 is 11.6.